The fourth-order valence-electron chi connectivity index (χ4n) is 9.94. The molecule has 9 atom stereocenters. The highest BCUT2D eigenvalue weighted by atomic mass is 16.7. The van der Waals surface area contributed by atoms with Crippen LogP contribution in [0, 0.1) is 0 Å². The summed E-state index contributed by atoms with van der Waals surface area (Å²) >= 11 is 0. The summed E-state index contributed by atoms with van der Waals surface area (Å²) in [6.07, 6.45) is 56.0. The third kappa shape index (κ3) is 40.9. The zero-order valence-electron chi connectivity index (χ0n) is 48.3. The van der Waals surface area contributed by atoms with Gasteiger partial charge >= 0.3 is 0 Å². The molecule has 1 aliphatic rings. The van der Waals surface area contributed by atoms with Gasteiger partial charge in [-0.3, -0.25) is 4.79 Å². The van der Waals surface area contributed by atoms with Crippen LogP contribution in [0.2, 0.25) is 0 Å². The molecule has 0 aromatic carbocycles. The number of unbranched alkanes of at least 4 members (excludes halogenated alkanes) is 34. The van der Waals surface area contributed by atoms with E-state index >= 15 is 0 Å². The lowest BCUT2D eigenvalue weighted by molar-refractivity contribution is -0.303. The first-order valence-corrected chi connectivity index (χ1v) is 31.5. The summed E-state index contributed by atoms with van der Waals surface area (Å²) in [5.41, 5.74) is 0. The van der Waals surface area contributed by atoms with Crippen molar-refractivity contribution in [2.75, 3.05) is 13.2 Å². The topological polar surface area (TPSA) is 189 Å². The van der Waals surface area contributed by atoms with E-state index in [0.29, 0.717) is 19.3 Å². The standard InChI is InChI=1S/C64H119NO10/c1-3-5-7-9-11-13-15-17-19-21-23-25-26-27-28-29-30-32-34-36-38-40-42-44-46-48-50-52-57(68)63(73)65-55(54-74-64-62(72)61(71)60(70)58(53-66)75-64)59(69)56(67)51-49-47-45-43-41-39-37-35-33-31-24-22-20-18-16-14-12-10-8-6-4-2/h22,24,27-28,35,37,43,45,55-62,64,66-72H,3-21,23,25-26,29-34,36,38-42,44,46-54H2,1-2H3,(H,65,73)/b24-22+,28-27-,37-35+,45-43+. The number of ether oxygens (including phenoxy) is 2. The van der Waals surface area contributed by atoms with Gasteiger partial charge in [-0.25, -0.2) is 0 Å². The van der Waals surface area contributed by atoms with Crippen molar-refractivity contribution < 1.29 is 50.0 Å². The number of amides is 1. The van der Waals surface area contributed by atoms with Gasteiger partial charge in [0.05, 0.1) is 25.4 Å². The third-order valence-electron chi connectivity index (χ3n) is 15.1. The Bertz CT molecular complexity index is 1360. The molecule has 8 N–H and O–H groups in total. The normalized spacial score (nSPS) is 20.0. The van der Waals surface area contributed by atoms with E-state index in [0.717, 1.165) is 44.9 Å². The van der Waals surface area contributed by atoms with Gasteiger partial charge in [0, 0.05) is 0 Å². The van der Waals surface area contributed by atoms with Crippen molar-refractivity contribution in [3.05, 3.63) is 48.6 Å². The van der Waals surface area contributed by atoms with Crippen molar-refractivity contribution in [3.63, 3.8) is 0 Å². The van der Waals surface area contributed by atoms with Gasteiger partial charge in [-0.05, 0) is 89.9 Å². The number of aliphatic hydroxyl groups excluding tert-OH is 7. The average Bonchev–Trinajstić information content (AvgIpc) is 3.41. The predicted octanol–water partition coefficient (Wildman–Crippen LogP) is 14.0. The van der Waals surface area contributed by atoms with Gasteiger partial charge in [-0.15, -0.1) is 0 Å². The molecule has 0 aromatic rings. The SMILES string of the molecule is CCCCCCCCCC/C=C/CC/C=C/CC/C=C/CCCC(O)C(O)C(COC1OC(CO)C(O)C(O)C1O)NC(=O)C(O)CCCCCCCCCCCCC/C=C\CCCCCCCCCCCCCC. The van der Waals surface area contributed by atoms with E-state index in [1.165, 1.54) is 193 Å². The molecule has 1 aliphatic heterocycles. The molecule has 1 amide bonds. The van der Waals surface area contributed by atoms with Gasteiger partial charge in [0.15, 0.2) is 6.29 Å². The minimum absolute atomic E-state index is 0.240. The lowest BCUT2D eigenvalue weighted by atomic mass is 9.98. The first kappa shape index (κ1) is 71.1. The van der Waals surface area contributed by atoms with Gasteiger partial charge in [0.1, 0.15) is 36.6 Å². The second-order valence-electron chi connectivity index (χ2n) is 22.1. The molecule has 1 fully saturated rings. The number of allylic oxidation sites excluding steroid dienone is 8. The van der Waals surface area contributed by atoms with Crippen molar-refractivity contribution in [1.82, 2.24) is 5.32 Å². The van der Waals surface area contributed by atoms with Crippen molar-refractivity contribution >= 4 is 5.91 Å². The summed E-state index contributed by atoms with van der Waals surface area (Å²) in [7, 11) is 0. The zero-order chi connectivity index (χ0) is 54.7. The molecule has 1 heterocycles. The van der Waals surface area contributed by atoms with E-state index < -0.39 is 74.2 Å². The van der Waals surface area contributed by atoms with Crippen LogP contribution in [0.1, 0.15) is 284 Å². The summed E-state index contributed by atoms with van der Waals surface area (Å²) in [5.74, 6) is -0.711. The van der Waals surface area contributed by atoms with Crippen molar-refractivity contribution in [2.45, 2.75) is 339 Å². The average molecular weight is 1060 g/mol. The van der Waals surface area contributed by atoms with Crippen molar-refractivity contribution in [3.8, 4) is 0 Å². The number of aliphatic hydroxyl groups is 7. The Labute approximate surface area is 459 Å². The monoisotopic (exact) mass is 1060 g/mol. The van der Waals surface area contributed by atoms with E-state index in [1.54, 1.807) is 0 Å². The lowest BCUT2D eigenvalue weighted by Gasteiger charge is -2.40. The number of hydrogen-bond acceptors (Lipinski definition) is 10. The van der Waals surface area contributed by atoms with Crippen LogP contribution in [0.25, 0.3) is 0 Å². The van der Waals surface area contributed by atoms with E-state index in [-0.39, 0.29) is 12.8 Å². The van der Waals surface area contributed by atoms with Gasteiger partial charge in [-0.2, -0.15) is 0 Å². The van der Waals surface area contributed by atoms with Crippen LogP contribution in [-0.2, 0) is 14.3 Å². The number of rotatable bonds is 54. The van der Waals surface area contributed by atoms with E-state index in [1.807, 2.05) is 0 Å². The smallest absolute Gasteiger partial charge is 0.249 e. The molecule has 0 saturated carbocycles. The van der Waals surface area contributed by atoms with E-state index in [4.69, 9.17) is 9.47 Å². The summed E-state index contributed by atoms with van der Waals surface area (Å²) in [6, 6.07) is -1.20. The van der Waals surface area contributed by atoms with Gasteiger partial charge < -0.3 is 50.5 Å². The Hall–Kier alpha value is -1.93. The van der Waals surface area contributed by atoms with Crippen LogP contribution < -0.4 is 5.32 Å². The number of nitrogens with one attached hydrogen (secondary N) is 1. The first-order chi connectivity index (χ1) is 36.7. The van der Waals surface area contributed by atoms with E-state index in [2.05, 4.69) is 67.8 Å². The highest BCUT2D eigenvalue weighted by Gasteiger charge is 2.44. The van der Waals surface area contributed by atoms with Gasteiger partial charge in [-0.1, -0.05) is 242 Å². The minimum atomic E-state index is -1.67. The van der Waals surface area contributed by atoms with Crippen LogP contribution in [0.15, 0.2) is 48.6 Å². The molecule has 9 unspecified atom stereocenters. The molecule has 440 valence electrons. The van der Waals surface area contributed by atoms with Crippen LogP contribution in [-0.4, -0.2) is 110 Å². The molecule has 0 spiro atoms. The highest BCUT2D eigenvalue weighted by Crippen LogP contribution is 2.23. The quantitative estimate of drug-likeness (QED) is 0.0215. The molecule has 0 aliphatic carbocycles. The van der Waals surface area contributed by atoms with Crippen LogP contribution in [0.5, 0.6) is 0 Å². The van der Waals surface area contributed by atoms with Crippen LogP contribution in [0.3, 0.4) is 0 Å². The molecule has 11 nitrogen and oxygen atoms in total. The molecule has 0 radical (unpaired) electrons. The minimum Gasteiger partial charge on any atom is -0.394 e. The summed E-state index contributed by atoms with van der Waals surface area (Å²) in [4.78, 5) is 13.2. The Morgan fingerprint density at radius 2 is 0.800 bits per heavy atom. The van der Waals surface area contributed by atoms with Crippen LogP contribution >= 0.6 is 0 Å². The largest absolute Gasteiger partial charge is 0.394 e. The second kappa shape index (κ2) is 52.8. The molecule has 0 aromatic heterocycles. The van der Waals surface area contributed by atoms with Gasteiger partial charge in [0.2, 0.25) is 5.91 Å². The number of carbonyl (C=O) groups is 1. The molecule has 0 bridgehead atoms. The molecule has 1 saturated heterocycles. The maximum Gasteiger partial charge on any atom is 0.249 e. The molecular weight excluding hydrogens is 943 g/mol. The van der Waals surface area contributed by atoms with Gasteiger partial charge in [0.25, 0.3) is 0 Å². The van der Waals surface area contributed by atoms with Crippen LogP contribution in [0.4, 0.5) is 0 Å². The third-order valence-corrected chi connectivity index (χ3v) is 15.1. The Morgan fingerprint density at radius 1 is 0.453 bits per heavy atom. The Kier molecular flexibility index (Phi) is 50.0. The van der Waals surface area contributed by atoms with Crippen molar-refractivity contribution in [2.24, 2.45) is 0 Å². The fourth-order valence-corrected chi connectivity index (χ4v) is 9.94. The first-order valence-electron chi connectivity index (χ1n) is 31.5. The van der Waals surface area contributed by atoms with E-state index in [9.17, 15) is 40.5 Å². The van der Waals surface area contributed by atoms with Crippen molar-refractivity contribution in [1.29, 1.82) is 0 Å². The fraction of sp³-hybridized carbons (Fsp3) is 0.859. The molecule has 11 heteroatoms. The molecular formula is C64H119NO10. The summed E-state index contributed by atoms with van der Waals surface area (Å²) in [5, 5.41) is 76.2. The summed E-state index contributed by atoms with van der Waals surface area (Å²) < 4.78 is 11.1. The number of hydrogen-bond donors (Lipinski definition) is 8. The maximum atomic E-state index is 13.2. The Balaban J connectivity index is 2.29. The predicted molar refractivity (Wildman–Crippen MR) is 311 cm³/mol. The summed E-state index contributed by atoms with van der Waals surface area (Å²) in [6.45, 7) is 3.46. The molecule has 75 heavy (non-hydrogen) atoms. The second-order valence-corrected chi connectivity index (χ2v) is 22.1. The Morgan fingerprint density at radius 3 is 1.19 bits per heavy atom. The zero-order valence-corrected chi connectivity index (χ0v) is 48.3. The lowest BCUT2D eigenvalue weighted by Crippen LogP contribution is -2.60. The maximum absolute atomic E-state index is 13.2. The number of carbonyl (C=O) groups excluding carboxylic acids is 1. The molecule has 1 rings (SSSR count). The highest BCUT2D eigenvalue weighted by molar-refractivity contribution is 5.80.